The minimum absolute atomic E-state index is 0.0425. The van der Waals surface area contributed by atoms with Gasteiger partial charge in [0.15, 0.2) is 0 Å². The van der Waals surface area contributed by atoms with Crippen molar-refractivity contribution in [2.45, 2.75) is 25.5 Å². The lowest BCUT2D eigenvalue weighted by Gasteiger charge is -2.44. The van der Waals surface area contributed by atoms with Crippen LogP contribution in [0.15, 0.2) is 28.7 Å². The topological polar surface area (TPSA) is 126 Å². The number of aliphatic hydroxyl groups is 1. The standard InChI is InChI=1S/C16H15N3O5/c1-6(20)12-11-5-8(13(15(22)23)19(11)14(12)21)7-2-3-9-10(4-7)18-16(24)17-9/h2-4,6,11-12,20H,5H2,1H3,(H,22,23)(H2,17,18,24)/t6-,11?,12?/m1/s1. The minimum atomic E-state index is -1.17. The van der Waals surface area contributed by atoms with E-state index in [1.165, 1.54) is 11.8 Å². The third kappa shape index (κ3) is 1.86. The summed E-state index contributed by atoms with van der Waals surface area (Å²) in [5, 5.41) is 19.3. The first-order valence-electron chi connectivity index (χ1n) is 7.58. The van der Waals surface area contributed by atoms with Gasteiger partial charge in [0.2, 0.25) is 5.91 Å². The molecule has 1 aromatic heterocycles. The van der Waals surface area contributed by atoms with E-state index in [9.17, 15) is 24.6 Å². The summed E-state index contributed by atoms with van der Waals surface area (Å²) < 4.78 is 0. The van der Waals surface area contributed by atoms with E-state index in [1.807, 2.05) is 0 Å². The van der Waals surface area contributed by atoms with Gasteiger partial charge in [0.25, 0.3) is 0 Å². The Labute approximate surface area is 135 Å². The number of benzene rings is 1. The molecule has 0 aliphatic carbocycles. The Morgan fingerprint density at radius 1 is 1.29 bits per heavy atom. The number of carboxylic acid groups (broad SMARTS) is 1. The van der Waals surface area contributed by atoms with Gasteiger partial charge in [0.05, 0.1) is 29.1 Å². The van der Waals surface area contributed by atoms with Crippen LogP contribution >= 0.6 is 0 Å². The number of carbonyl (C=O) groups is 2. The zero-order valence-electron chi connectivity index (χ0n) is 12.7. The van der Waals surface area contributed by atoms with Gasteiger partial charge in [-0.2, -0.15) is 0 Å². The molecule has 2 unspecified atom stereocenters. The van der Waals surface area contributed by atoms with E-state index in [2.05, 4.69) is 9.97 Å². The monoisotopic (exact) mass is 329 g/mol. The zero-order chi connectivity index (χ0) is 17.2. The predicted octanol–water partition coefficient (Wildman–Crippen LogP) is 0.263. The Hall–Kier alpha value is -2.87. The Morgan fingerprint density at radius 3 is 2.67 bits per heavy atom. The fraction of sp³-hybridized carbons (Fsp3) is 0.312. The van der Waals surface area contributed by atoms with Crippen molar-refractivity contribution in [3.8, 4) is 0 Å². The molecule has 8 nitrogen and oxygen atoms in total. The minimum Gasteiger partial charge on any atom is -0.477 e. The second-order valence-electron chi connectivity index (χ2n) is 6.22. The molecule has 0 bridgehead atoms. The summed E-state index contributed by atoms with van der Waals surface area (Å²) in [5.74, 6) is -2.11. The van der Waals surface area contributed by atoms with Gasteiger partial charge in [-0.05, 0) is 36.6 Å². The molecule has 4 rings (SSSR count). The van der Waals surface area contributed by atoms with Gasteiger partial charge in [-0.1, -0.05) is 6.07 Å². The molecule has 1 fully saturated rings. The average molecular weight is 329 g/mol. The van der Waals surface area contributed by atoms with Crippen molar-refractivity contribution in [1.29, 1.82) is 0 Å². The number of carbonyl (C=O) groups excluding carboxylic acids is 1. The number of amides is 1. The van der Waals surface area contributed by atoms with E-state index >= 15 is 0 Å². The molecule has 2 aliphatic heterocycles. The molecule has 4 N–H and O–H groups in total. The number of hydrogen-bond acceptors (Lipinski definition) is 4. The number of H-pyrrole nitrogens is 2. The van der Waals surface area contributed by atoms with Gasteiger partial charge in [0, 0.05) is 0 Å². The first kappa shape index (κ1) is 14.7. The predicted molar refractivity (Wildman–Crippen MR) is 83.9 cm³/mol. The van der Waals surface area contributed by atoms with Crippen LogP contribution in [0.5, 0.6) is 0 Å². The highest BCUT2D eigenvalue weighted by molar-refractivity contribution is 6.06. The fourth-order valence-electron chi connectivity index (χ4n) is 3.75. The van der Waals surface area contributed by atoms with E-state index in [1.54, 1.807) is 18.2 Å². The number of carboxylic acids is 1. The molecular weight excluding hydrogens is 314 g/mol. The summed E-state index contributed by atoms with van der Waals surface area (Å²) in [6, 6.07) is 4.77. The second-order valence-corrected chi connectivity index (χ2v) is 6.22. The van der Waals surface area contributed by atoms with Crippen molar-refractivity contribution in [2.24, 2.45) is 5.92 Å². The summed E-state index contributed by atoms with van der Waals surface area (Å²) >= 11 is 0. The molecule has 1 aromatic carbocycles. The number of nitrogens with zero attached hydrogens (tertiary/aromatic N) is 1. The van der Waals surface area contributed by atoms with E-state index in [-0.39, 0.29) is 23.3 Å². The van der Waals surface area contributed by atoms with Crippen LogP contribution in [0.25, 0.3) is 16.6 Å². The Bertz CT molecular complexity index is 967. The quantitative estimate of drug-likeness (QED) is 0.601. The molecule has 24 heavy (non-hydrogen) atoms. The van der Waals surface area contributed by atoms with Gasteiger partial charge < -0.3 is 25.1 Å². The molecule has 3 atom stereocenters. The first-order valence-corrected chi connectivity index (χ1v) is 7.58. The lowest BCUT2D eigenvalue weighted by atomic mass is 9.82. The number of aliphatic hydroxyl groups excluding tert-OH is 1. The maximum Gasteiger partial charge on any atom is 0.352 e. The van der Waals surface area contributed by atoms with Crippen molar-refractivity contribution in [1.82, 2.24) is 14.9 Å². The lowest BCUT2D eigenvalue weighted by molar-refractivity contribution is -0.161. The number of aliphatic carboxylic acids is 1. The van der Waals surface area contributed by atoms with Gasteiger partial charge in [-0.25, -0.2) is 9.59 Å². The molecule has 0 radical (unpaired) electrons. The smallest absolute Gasteiger partial charge is 0.352 e. The number of β-lactam (4-membered cyclic amide) rings is 1. The number of imidazole rings is 1. The van der Waals surface area contributed by atoms with Crippen LogP contribution in [0, 0.1) is 5.92 Å². The number of nitrogens with one attached hydrogen (secondary N) is 2. The fourth-order valence-corrected chi connectivity index (χ4v) is 3.75. The van der Waals surface area contributed by atoms with Crippen molar-refractivity contribution in [2.75, 3.05) is 0 Å². The van der Waals surface area contributed by atoms with E-state index in [0.29, 0.717) is 28.6 Å². The molecule has 3 heterocycles. The second kappa shape index (κ2) is 4.81. The highest BCUT2D eigenvalue weighted by Gasteiger charge is 2.56. The Morgan fingerprint density at radius 2 is 2.00 bits per heavy atom. The Kier molecular flexibility index (Phi) is 2.95. The van der Waals surface area contributed by atoms with Crippen LogP contribution in [-0.2, 0) is 9.59 Å². The van der Waals surface area contributed by atoms with Gasteiger partial charge in [-0.15, -0.1) is 0 Å². The largest absolute Gasteiger partial charge is 0.477 e. The highest BCUT2D eigenvalue weighted by atomic mass is 16.4. The third-order valence-electron chi connectivity index (χ3n) is 4.80. The van der Waals surface area contributed by atoms with Crippen LogP contribution in [0.1, 0.15) is 18.9 Å². The van der Waals surface area contributed by atoms with Gasteiger partial charge in [0.1, 0.15) is 5.70 Å². The molecule has 1 amide bonds. The SMILES string of the molecule is C[C@@H](O)C1C(=O)N2C(C(=O)O)=C(c3ccc4[nH]c(=O)[nH]c4c3)CC12. The maximum absolute atomic E-state index is 12.2. The molecule has 1 saturated heterocycles. The van der Waals surface area contributed by atoms with Crippen molar-refractivity contribution < 1.29 is 19.8 Å². The van der Waals surface area contributed by atoms with Crippen LogP contribution in [0.3, 0.4) is 0 Å². The van der Waals surface area contributed by atoms with Crippen LogP contribution < -0.4 is 5.69 Å². The molecule has 2 aliphatic rings. The number of hydrogen-bond donors (Lipinski definition) is 4. The lowest BCUT2D eigenvalue weighted by Crippen LogP contribution is -2.61. The Balaban J connectivity index is 1.82. The van der Waals surface area contributed by atoms with Gasteiger partial charge >= 0.3 is 11.7 Å². The summed E-state index contributed by atoms with van der Waals surface area (Å²) in [4.78, 5) is 41.8. The summed E-state index contributed by atoms with van der Waals surface area (Å²) in [6.07, 6.45) is -0.458. The van der Waals surface area contributed by atoms with Crippen LogP contribution in [-0.4, -0.2) is 49.1 Å². The van der Waals surface area contributed by atoms with E-state index in [0.717, 1.165) is 0 Å². The van der Waals surface area contributed by atoms with Crippen molar-refractivity contribution in [3.05, 3.63) is 39.9 Å². The molecule has 0 spiro atoms. The average Bonchev–Trinajstić information content (AvgIpc) is 3.02. The molecule has 8 heteroatoms. The van der Waals surface area contributed by atoms with Crippen molar-refractivity contribution in [3.63, 3.8) is 0 Å². The van der Waals surface area contributed by atoms with Crippen molar-refractivity contribution >= 4 is 28.5 Å². The van der Waals surface area contributed by atoms with Crippen LogP contribution in [0.2, 0.25) is 0 Å². The summed E-state index contributed by atoms with van der Waals surface area (Å²) in [5.41, 5.74) is 1.99. The molecular formula is C16H15N3O5. The molecule has 0 saturated carbocycles. The molecule has 2 aromatic rings. The summed E-state index contributed by atoms with van der Waals surface area (Å²) in [7, 11) is 0. The summed E-state index contributed by atoms with van der Waals surface area (Å²) in [6.45, 7) is 1.54. The maximum atomic E-state index is 12.2. The number of aromatic nitrogens is 2. The number of fused-ring (bicyclic) bond motifs is 2. The van der Waals surface area contributed by atoms with E-state index < -0.39 is 18.0 Å². The normalized spacial score (nSPS) is 24.2. The van der Waals surface area contributed by atoms with Gasteiger partial charge in [-0.3, -0.25) is 4.79 Å². The third-order valence-corrected chi connectivity index (χ3v) is 4.80. The van der Waals surface area contributed by atoms with Crippen LogP contribution in [0.4, 0.5) is 0 Å². The zero-order valence-corrected chi connectivity index (χ0v) is 12.7. The van der Waals surface area contributed by atoms with E-state index in [4.69, 9.17) is 0 Å². The number of aromatic amines is 2. The first-order chi connectivity index (χ1) is 11.4. The highest BCUT2D eigenvalue weighted by Crippen LogP contribution is 2.47. The number of rotatable bonds is 3. The molecule has 124 valence electrons.